The Bertz CT molecular complexity index is 446. The van der Waals surface area contributed by atoms with E-state index in [2.05, 4.69) is 51.3 Å². The predicted molar refractivity (Wildman–Crippen MR) is 89.5 cm³/mol. The van der Waals surface area contributed by atoms with Crippen LogP contribution in [-0.2, 0) is 0 Å². The number of hydrogen-bond donors (Lipinski definition) is 1. The average Bonchev–Trinajstić information content (AvgIpc) is 2.62. The van der Waals surface area contributed by atoms with Crippen molar-refractivity contribution in [3.63, 3.8) is 0 Å². The van der Waals surface area contributed by atoms with Crippen LogP contribution in [0.25, 0.3) is 0 Å². The smallest absolute Gasteiger partial charge is 0.0380 e. The summed E-state index contributed by atoms with van der Waals surface area (Å²) in [6, 6.07) is 6.79. The Kier molecular flexibility index (Phi) is 4.37. The molecule has 1 saturated heterocycles. The molecular formula is C17H25BrN2. The number of nitrogens with zero attached hydrogens (tertiary/aromatic N) is 1. The Hall–Kier alpha value is -0.540. The molecule has 1 aromatic carbocycles. The summed E-state index contributed by atoms with van der Waals surface area (Å²) in [6.45, 7) is 5.69. The Labute approximate surface area is 131 Å². The van der Waals surface area contributed by atoms with Gasteiger partial charge in [0.1, 0.15) is 0 Å². The van der Waals surface area contributed by atoms with Crippen LogP contribution in [0.15, 0.2) is 22.7 Å². The lowest BCUT2D eigenvalue weighted by Crippen LogP contribution is -2.52. The van der Waals surface area contributed by atoms with E-state index in [9.17, 15) is 0 Å². The van der Waals surface area contributed by atoms with E-state index < -0.39 is 0 Å². The zero-order valence-corrected chi connectivity index (χ0v) is 14.0. The van der Waals surface area contributed by atoms with Gasteiger partial charge in [-0.2, -0.15) is 0 Å². The molecule has 1 saturated carbocycles. The Morgan fingerprint density at radius 1 is 1.10 bits per heavy atom. The summed E-state index contributed by atoms with van der Waals surface area (Å²) in [7, 11) is 0. The normalized spacial score (nSPS) is 22.8. The van der Waals surface area contributed by atoms with Gasteiger partial charge in [0.2, 0.25) is 0 Å². The van der Waals surface area contributed by atoms with Crippen LogP contribution in [0.1, 0.15) is 44.1 Å². The molecule has 3 heteroatoms. The topological polar surface area (TPSA) is 15.3 Å². The maximum Gasteiger partial charge on any atom is 0.0380 e. The van der Waals surface area contributed by atoms with Crippen molar-refractivity contribution in [2.45, 2.75) is 51.0 Å². The third kappa shape index (κ3) is 3.20. The lowest BCUT2D eigenvalue weighted by atomic mass is 9.81. The Morgan fingerprint density at radius 3 is 2.65 bits per heavy atom. The molecule has 1 aliphatic carbocycles. The fraction of sp³-hybridized carbons (Fsp3) is 0.647. The molecule has 110 valence electrons. The summed E-state index contributed by atoms with van der Waals surface area (Å²) < 4.78 is 1.20. The van der Waals surface area contributed by atoms with Gasteiger partial charge in [0.05, 0.1) is 0 Å². The third-order valence-corrected chi connectivity index (χ3v) is 5.26. The highest BCUT2D eigenvalue weighted by molar-refractivity contribution is 9.10. The van der Waals surface area contributed by atoms with E-state index in [-0.39, 0.29) is 0 Å². The van der Waals surface area contributed by atoms with E-state index in [0.29, 0.717) is 5.54 Å². The summed E-state index contributed by atoms with van der Waals surface area (Å²) >= 11 is 3.64. The number of rotatable bonds is 1. The van der Waals surface area contributed by atoms with Crippen LogP contribution in [0.3, 0.4) is 0 Å². The van der Waals surface area contributed by atoms with E-state index in [0.717, 1.165) is 0 Å². The second-order valence-electron chi connectivity index (χ2n) is 6.53. The van der Waals surface area contributed by atoms with E-state index in [1.165, 1.54) is 73.9 Å². The minimum absolute atomic E-state index is 0.366. The number of nitrogens with one attached hydrogen (secondary N) is 1. The summed E-state index contributed by atoms with van der Waals surface area (Å²) in [4.78, 5) is 2.60. The second kappa shape index (κ2) is 6.07. The molecule has 1 aromatic rings. The zero-order valence-electron chi connectivity index (χ0n) is 12.4. The van der Waals surface area contributed by atoms with Crippen LogP contribution in [0.5, 0.6) is 0 Å². The molecule has 2 fully saturated rings. The molecule has 1 N–H and O–H groups in total. The van der Waals surface area contributed by atoms with Gasteiger partial charge in [-0.25, -0.2) is 0 Å². The lowest BCUT2D eigenvalue weighted by molar-refractivity contribution is 0.246. The molecule has 2 aliphatic rings. The first-order valence-electron chi connectivity index (χ1n) is 7.94. The zero-order chi connectivity index (χ0) is 14.0. The van der Waals surface area contributed by atoms with Crippen LogP contribution in [-0.4, -0.2) is 25.2 Å². The van der Waals surface area contributed by atoms with Crippen LogP contribution < -0.4 is 10.2 Å². The fourth-order valence-electron chi connectivity index (χ4n) is 3.81. The van der Waals surface area contributed by atoms with Gasteiger partial charge in [-0.05, 0) is 56.5 Å². The monoisotopic (exact) mass is 336 g/mol. The number of anilines is 1. The molecule has 0 amide bonds. The van der Waals surface area contributed by atoms with Crippen LogP contribution in [0.4, 0.5) is 5.69 Å². The van der Waals surface area contributed by atoms with E-state index in [4.69, 9.17) is 0 Å². The summed E-state index contributed by atoms with van der Waals surface area (Å²) in [5, 5.41) is 3.87. The highest BCUT2D eigenvalue weighted by Gasteiger charge is 2.34. The Balaban J connectivity index is 1.84. The van der Waals surface area contributed by atoms with Gasteiger partial charge < -0.3 is 10.2 Å². The number of benzene rings is 1. The molecule has 3 rings (SSSR count). The largest absolute Gasteiger partial charge is 0.370 e. The maximum atomic E-state index is 3.87. The number of aryl methyl sites for hydroxylation is 1. The molecule has 0 aromatic heterocycles. The summed E-state index contributed by atoms with van der Waals surface area (Å²) in [6.07, 6.45) is 8.12. The molecule has 2 nitrogen and oxygen atoms in total. The van der Waals surface area contributed by atoms with Crippen LogP contribution in [0.2, 0.25) is 0 Å². The van der Waals surface area contributed by atoms with E-state index in [1.807, 2.05) is 0 Å². The summed E-state index contributed by atoms with van der Waals surface area (Å²) in [5.41, 5.74) is 3.08. The van der Waals surface area contributed by atoms with Crippen molar-refractivity contribution in [3.05, 3.63) is 28.2 Å². The van der Waals surface area contributed by atoms with Crippen molar-refractivity contribution >= 4 is 21.6 Å². The predicted octanol–water partition coefficient (Wildman–Crippen LogP) is 4.26. The maximum absolute atomic E-state index is 3.87. The second-order valence-corrected chi connectivity index (χ2v) is 7.45. The van der Waals surface area contributed by atoms with Crippen molar-refractivity contribution in [1.82, 2.24) is 5.32 Å². The van der Waals surface area contributed by atoms with Crippen LogP contribution in [0, 0.1) is 6.92 Å². The van der Waals surface area contributed by atoms with E-state index >= 15 is 0 Å². The molecule has 0 unspecified atom stereocenters. The molecule has 0 bridgehead atoms. The van der Waals surface area contributed by atoms with Gasteiger partial charge in [-0.3, -0.25) is 0 Å². The first-order valence-corrected chi connectivity index (χ1v) is 8.73. The van der Waals surface area contributed by atoms with Crippen LogP contribution >= 0.6 is 15.9 Å². The van der Waals surface area contributed by atoms with Crippen molar-refractivity contribution in [3.8, 4) is 0 Å². The highest BCUT2D eigenvalue weighted by atomic mass is 79.9. The van der Waals surface area contributed by atoms with Gasteiger partial charge in [-0.15, -0.1) is 0 Å². The molecule has 1 spiro atoms. The standard InChI is InChI=1S/C17H25BrN2/c1-14-10-15(18)12-16(11-14)20-9-5-8-19-17(13-20)6-3-2-4-7-17/h10-12,19H,2-9,13H2,1H3. The third-order valence-electron chi connectivity index (χ3n) is 4.80. The van der Waals surface area contributed by atoms with Gasteiger partial charge in [0, 0.05) is 28.8 Å². The average molecular weight is 337 g/mol. The van der Waals surface area contributed by atoms with Gasteiger partial charge in [0.25, 0.3) is 0 Å². The van der Waals surface area contributed by atoms with Gasteiger partial charge >= 0.3 is 0 Å². The SMILES string of the molecule is Cc1cc(Br)cc(N2CCCNC3(CCCCC3)C2)c1. The molecular weight excluding hydrogens is 312 g/mol. The van der Waals surface area contributed by atoms with Gasteiger partial charge in [0.15, 0.2) is 0 Å². The molecule has 1 aliphatic heterocycles. The molecule has 0 radical (unpaired) electrons. The van der Waals surface area contributed by atoms with E-state index in [1.54, 1.807) is 0 Å². The van der Waals surface area contributed by atoms with Crippen molar-refractivity contribution in [2.75, 3.05) is 24.5 Å². The van der Waals surface area contributed by atoms with Crippen molar-refractivity contribution in [2.24, 2.45) is 0 Å². The van der Waals surface area contributed by atoms with Gasteiger partial charge in [-0.1, -0.05) is 35.2 Å². The molecule has 20 heavy (non-hydrogen) atoms. The number of hydrogen-bond acceptors (Lipinski definition) is 2. The summed E-state index contributed by atoms with van der Waals surface area (Å²) in [5.74, 6) is 0. The number of halogens is 1. The first kappa shape index (κ1) is 14.4. The minimum atomic E-state index is 0.366. The van der Waals surface area contributed by atoms with Crippen molar-refractivity contribution < 1.29 is 0 Å². The quantitative estimate of drug-likeness (QED) is 0.824. The highest BCUT2D eigenvalue weighted by Crippen LogP contribution is 2.33. The Morgan fingerprint density at radius 2 is 1.90 bits per heavy atom. The first-order chi connectivity index (χ1) is 9.67. The molecule has 0 atom stereocenters. The minimum Gasteiger partial charge on any atom is -0.370 e. The lowest BCUT2D eigenvalue weighted by Gasteiger charge is -2.40. The molecule has 1 heterocycles. The fourth-order valence-corrected chi connectivity index (χ4v) is 4.40. The van der Waals surface area contributed by atoms with Crippen molar-refractivity contribution in [1.29, 1.82) is 0 Å².